The number of hydrogen-bond acceptors (Lipinski definition) is 4. The van der Waals surface area contributed by atoms with E-state index in [1.807, 2.05) is 27.7 Å². The van der Waals surface area contributed by atoms with E-state index >= 15 is 0 Å². The molecule has 0 aliphatic rings. The number of sulfonamides is 1. The molecule has 1 N–H and O–H groups in total. The molecule has 0 atom stereocenters. The normalized spacial score (nSPS) is 11.7. The van der Waals surface area contributed by atoms with Crippen LogP contribution < -0.4 is 14.4 Å². The van der Waals surface area contributed by atoms with Crippen LogP contribution >= 0.6 is 0 Å². The van der Waals surface area contributed by atoms with Gasteiger partial charge in [-0.15, -0.1) is 0 Å². The second-order valence-electron chi connectivity index (χ2n) is 7.58. The van der Waals surface area contributed by atoms with Gasteiger partial charge in [0.1, 0.15) is 12.3 Å². The van der Waals surface area contributed by atoms with Crippen LogP contribution in [0.4, 0.5) is 5.69 Å². The van der Waals surface area contributed by atoms with Crippen molar-refractivity contribution in [2.75, 3.05) is 18.0 Å². The number of carbonyl (C=O) groups is 1. The van der Waals surface area contributed by atoms with Crippen LogP contribution in [0.3, 0.4) is 0 Å². The number of nitrogens with zero attached hydrogens (tertiary/aromatic N) is 1. The molecule has 0 unspecified atom stereocenters. The maximum atomic E-state index is 13.4. The lowest BCUT2D eigenvalue weighted by molar-refractivity contribution is -0.121. The van der Waals surface area contributed by atoms with E-state index in [4.69, 9.17) is 4.74 Å². The van der Waals surface area contributed by atoms with Gasteiger partial charge >= 0.3 is 0 Å². The highest BCUT2D eigenvalue weighted by atomic mass is 32.2. The minimum atomic E-state index is -3.97. The van der Waals surface area contributed by atoms with E-state index < -0.39 is 10.0 Å². The summed E-state index contributed by atoms with van der Waals surface area (Å²) in [5.74, 6) is 0.473. The fourth-order valence-corrected chi connectivity index (χ4v) is 4.77. The Kier molecular flexibility index (Phi) is 7.67. The number of ether oxygens (including phenoxy) is 1. The molecule has 2 aromatic carbocycles. The van der Waals surface area contributed by atoms with Gasteiger partial charge in [0, 0.05) is 6.04 Å². The van der Waals surface area contributed by atoms with Crippen LogP contribution in [0.2, 0.25) is 0 Å². The number of benzene rings is 2. The van der Waals surface area contributed by atoms with Crippen LogP contribution in [0.1, 0.15) is 27.7 Å². The average Bonchev–Trinajstić information content (AvgIpc) is 2.70. The third-order valence-corrected chi connectivity index (χ3v) is 6.51. The summed E-state index contributed by atoms with van der Waals surface area (Å²) in [6, 6.07) is 14.8. The van der Waals surface area contributed by atoms with Crippen molar-refractivity contribution in [3.63, 3.8) is 0 Å². The molecule has 2 rings (SSSR count). The Morgan fingerprint density at radius 3 is 2.07 bits per heavy atom. The van der Waals surface area contributed by atoms with Gasteiger partial charge in [0.05, 0.1) is 17.7 Å². The van der Waals surface area contributed by atoms with Gasteiger partial charge in [-0.05, 0) is 36.1 Å². The maximum absolute atomic E-state index is 13.4. The number of methoxy groups -OCH3 is 1. The molecule has 0 fully saturated rings. The fourth-order valence-electron chi connectivity index (χ4n) is 3.32. The van der Waals surface area contributed by atoms with Crippen LogP contribution in [0.5, 0.6) is 5.75 Å². The summed E-state index contributed by atoms with van der Waals surface area (Å²) in [6.45, 7) is 7.79. The quantitative estimate of drug-likeness (QED) is 0.674. The summed E-state index contributed by atoms with van der Waals surface area (Å²) >= 11 is 0. The van der Waals surface area contributed by atoms with Crippen LogP contribution in [0.25, 0.3) is 0 Å². The number of carbonyl (C=O) groups excluding carboxylic acids is 1. The summed E-state index contributed by atoms with van der Waals surface area (Å²) in [5.41, 5.74) is 0.319. The van der Waals surface area contributed by atoms with Crippen molar-refractivity contribution in [2.45, 2.75) is 38.6 Å². The van der Waals surface area contributed by atoms with Crippen LogP contribution in [0.15, 0.2) is 59.5 Å². The van der Waals surface area contributed by atoms with E-state index in [0.717, 1.165) is 4.31 Å². The molecule has 0 aliphatic heterocycles. The second kappa shape index (κ2) is 9.78. The third-order valence-electron chi connectivity index (χ3n) is 4.74. The predicted octanol–water partition coefficient (Wildman–Crippen LogP) is 3.69. The Labute approximate surface area is 173 Å². The SMILES string of the molecule is COc1ccccc1N(CC(=O)NC(C(C)C)C(C)C)S(=O)(=O)c1ccccc1. The van der Waals surface area contributed by atoms with E-state index in [0.29, 0.717) is 11.4 Å². The Balaban J connectivity index is 2.45. The van der Waals surface area contributed by atoms with Crippen molar-refractivity contribution in [1.29, 1.82) is 0 Å². The van der Waals surface area contributed by atoms with Crippen molar-refractivity contribution < 1.29 is 17.9 Å². The second-order valence-corrected chi connectivity index (χ2v) is 9.44. The zero-order chi connectivity index (χ0) is 21.6. The molecule has 0 heterocycles. The van der Waals surface area contributed by atoms with Crippen LogP contribution in [0, 0.1) is 11.8 Å². The number of para-hydroxylation sites is 2. The van der Waals surface area contributed by atoms with Gasteiger partial charge in [-0.25, -0.2) is 8.42 Å². The van der Waals surface area contributed by atoms with Crippen molar-refractivity contribution in [1.82, 2.24) is 5.32 Å². The zero-order valence-corrected chi connectivity index (χ0v) is 18.4. The molecule has 1 amide bonds. The molecule has 158 valence electrons. The minimum Gasteiger partial charge on any atom is -0.495 e. The Hall–Kier alpha value is -2.54. The van der Waals surface area contributed by atoms with E-state index in [2.05, 4.69) is 5.32 Å². The molecule has 0 aliphatic carbocycles. The van der Waals surface area contributed by atoms with Gasteiger partial charge in [-0.2, -0.15) is 0 Å². The van der Waals surface area contributed by atoms with Crippen molar-refractivity contribution in [3.05, 3.63) is 54.6 Å². The largest absolute Gasteiger partial charge is 0.495 e. The molecule has 0 saturated carbocycles. The summed E-state index contributed by atoms with van der Waals surface area (Å²) < 4.78 is 33.2. The first-order chi connectivity index (χ1) is 13.7. The van der Waals surface area contributed by atoms with E-state index in [9.17, 15) is 13.2 Å². The molecule has 29 heavy (non-hydrogen) atoms. The van der Waals surface area contributed by atoms with Crippen LogP contribution in [-0.4, -0.2) is 34.0 Å². The standard InChI is InChI=1S/C22H30N2O4S/c1-16(2)22(17(3)4)23-21(25)15-24(19-13-9-10-14-20(19)28-5)29(26,27)18-11-7-6-8-12-18/h6-14,16-17,22H,15H2,1-5H3,(H,23,25). The van der Waals surface area contributed by atoms with Gasteiger partial charge in [-0.1, -0.05) is 58.0 Å². The highest BCUT2D eigenvalue weighted by molar-refractivity contribution is 7.92. The summed E-state index contributed by atoms with van der Waals surface area (Å²) in [7, 11) is -2.49. The lowest BCUT2D eigenvalue weighted by atomic mass is 9.93. The number of amides is 1. The van der Waals surface area contributed by atoms with Crippen molar-refractivity contribution in [3.8, 4) is 5.75 Å². The van der Waals surface area contributed by atoms with Gasteiger partial charge in [0.25, 0.3) is 10.0 Å². The summed E-state index contributed by atoms with van der Waals surface area (Å²) in [6.07, 6.45) is 0. The highest BCUT2D eigenvalue weighted by Crippen LogP contribution is 2.32. The van der Waals surface area contributed by atoms with Gasteiger partial charge < -0.3 is 10.1 Å². The lowest BCUT2D eigenvalue weighted by Crippen LogP contribution is -2.48. The average molecular weight is 419 g/mol. The van der Waals surface area contributed by atoms with E-state index in [-0.39, 0.29) is 35.2 Å². The maximum Gasteiger partial charge on any atom is 0.264 e. The molecular weight excluding hydrogens is 388 g/mol. The van der Waals surface area contributed by atoms with Crippen molar-refractivity contribution in [2.24, 2.45) is 11.8 Å². The Morgan fingerprint density at radius 1 is 0.966 bits per heavy atom. The smallest absolute Gasteiger partial charge is 0.264 e. The molecule has 0 bridgehead atoms. The molecule has 0 saturated heterocycles. The minimum absolute atomic E-state index is 0.0542. The van der Waals surface area contributed by atoms with Gasteiger partial charge in [0.2, 0.25) is 5.91 Å². The molecule has 7 heteroatoms. The third kappa shape index (κ3) is 5.50. The molecule has 2 aromatic rings. The molecule has 0 radical (unpaired) electrons. The Bertz CT molecular complexity index is 903. The lowest BCUT2D eigenvalue weighted by Gasteiger charge is -2.29. The number of nitrogens with one attached hydrogen (secondary N) is 1. The zero-order valence-electron chi connectivity index (χ0n) is 17.6. The van der Waals surface area contributed by atoms with E-state index in [1.165, 1.54) is 19.2 Å². The Morgan fingerprint density at radius 2 is 1.52 bits per heavy atom. The summed E-state index contributed by atoms with van der Waals surface area (Å²) in [5, 5.41) is 2.99. The monoisotopic (exact) mass is 418 g/mol. The number of rotatable bonds is 9. The molecule has 0 aromatic heterocycles. The van der Waals surface area contributed by atoms with Gasteiger partial charge in [-0.3, -0.25) is 9.10 Å². The topological polar surface area (TPSA) is 75.7 Å². The highest BCUT2D eigenvalue weighted by Gasteiger charge is 2.30. The summed E-state index contributed by atoms with van der Waals surface area (Å²) in [4.78, 5) is 13.0. The van der Waals surface area contributed by atoms with E-state index in [1.54, 1.807) is 42.5 Å². The first-order valence-corrected chi connectivity index (χ1v) is 11.1. The number of anilines is 1. The first kappa shape index (κ1) is 22.7. The molecular formula is C22H30N2O4S. The first-order valence-electron chi connectivity index (χ1n) is 9.68. The fraction of sp³-hybridized carbons (Fsp3) is 0.409. The predicted molar refractivity (Wildman–Crippen MR) is 116 cm³/mol. The molecule has 0 spiro atoms. The molecule has 6 nitrogen and oxygen atoms in total. The van der Waals surface area contributed by atoms with Crippen molar-refractivity contribution >= 4 is 21.6 Å². The van der Waals surface area contributed by atoms with Crippen LogP contribution in [-0.2, 0) is 14.8 Å². The number of hydrogen-bond donors (Lipinski definition) is 1. The van der Waals surface area contributed by atoms with Gasteiger partial charge in [0.15, 0.2) is 0 Å².